The highest BCUT2D eigenvalue weighted by Gasteiger charge is 2.22. The zero-order valence-corrected chi connectivity index (χ0v) is 11.5. The molecule has 2 rings (SSSR count). The third-order valence-electron chi connectivity index (χ3n) is 2.91. The van der Waals surface area contributed by atoms with E-state index in [2.05, 4.69) is 10.4 Å². The lowest BCUT2D eigenvalue weighted by atomic mass is 10.0. The molecule has 0 aliphatic carbocycles. The molecule has 3 nitrogen and oxygen atoms in total. The van der Waals surface area contributed by atoms with Gasteiger partial charge in [0.1, 0.15) is 11.6 Å². The van der Waals surface area contributed by atoms with Crippen molar-refractivity contribution < 1.29 is 8.78 Å². The molecule has 19 heavy (non-hydrogen) atoms. The third-order valence-corrected chi connectivity index (χ3v) is 3.90. The molecule has 0 aliphatic rings. The van der Waals surface area contributed by atoms with Crippen LogP contribution in [-0.4, -0.2) is 4.98 Å². The molecule has 0 fully saturated rings. The zero-order chi connectivity index (χ0) is 14.0. The fourth-order valence-corrected chi connectivity index (χ4v) is 2.73. The average Bonchev–Trinajstić information content (AvgIpc) is 2.78. The van der Waals surface area contributed by atoms with Crippen LogP contribution in [0.15, 0.2) is 17.5 Å². The minimum absolute atomic E-state index is 0.0321. The van der Waals surface area contributed by atoms with Gasteiger partial charge in [-0.15, -0.1) is 11.3 Å². The smallest absolute Gasteiger partial charge is 0.133 e. The van der Waals surface area contributed by atoms with Crippen molar-refractivity contribution in [2.75, 3.05) is 0 Å². The van der Waals surface area contributed by atoms with Crippen LogP contribution in [0.25, 0.3) is 0 Å². The minimum Gasteiger partial charge on any atom is -0.271 e. The van der Waals surface area contributed by atoms with Gasteiger partial charge in [0.2, 0.25) is 0 Å². The number of thiazole rings is 1. The first-order valence-electron chi connectivity index (χ1n) is 5.84. The highest BCUT2D eigenvalue weighted by molar-refractivity contribution is 7.09. The first-order chi connectivity index (χ1) is 9.02. The second-order valence-corrected chi connectivity index (χ2v) is 5.34. The van der Waals surface area contributed by atoms with E-state index in [-0.39, 0.29) is 5.56 Å². The summed E-state index contributed by atoms with van der Waals surface area (Å²) in [6.07, 6.45) is 0.353. The van der Waals surface area contributed by atoms with E-state index in [0.717, 1.165) is 10.7 Å². The van der Waals surface area contributed by atoms with E-state index >= 15 is 0 Å². The van der Waals surface area contributed by atoms with Gasteiger partial charge in [-0.1, -0.05) is 6.07 Å². The van der Waals surface area contributed by atoms with Crippen molar-refractivity contribution in [1.82, 2.24) is 10.4 Å². The number of rotatable bonds is 4. The maximum Gasteiger partial charge on any atom is 0.133 e. The molecule has 3 N–H and O–H groups in total. The molecular weight excluding hydrogens is 268 g/mol. The van der Waals surface area contributed by atoms with Gasteiger partial charge in [0.05, 0.1) is 11.0 Å². The van der Waals surface area contributed by atoms with E-state index in [0.29, 0.717) is 12.0 Å². The normalized spacial score (nSPS) is 12.7. The van der Waals surface area contributed by atoms with Gasteiger partial charge in [-0.05, 0) is 25.5 Å². The first-order valence-corrected chi connectivity index (χ1v) is 6.72. The van der Waals surface area contributed by atoms with Crippen molar-refractivity contribution in [3.63, 3.8) is 0 Å². The van der Waals surface area contributed by atoms with Crippen LogP contribution in [0.2, 0.25) is 0 Å². The summed E-state index contributed by atoms with van der Waals surface area (Å²) in [6.45, 7) is 3.47. The van der Waals surface area contributed by atoms with Gasteiger partial charge in [-0.25, -0.2) is 13.8 Å². The van der Waals surface area contributed by atoms with E-state index in [1.165, 1.54) is 23.5 Å². The Morgan fingerprint density at radius 1 is 1.37 bits per heavy atom. The molecule has 0 spiro atoms. The van der Waals surface area contributed by atoms with Gasteiger partial charge < -0.3 is 0 Å². The Kier molecular flexibility index (Phi) is 4.24. The molecule has 1 atom stereocenters. The molecule has 0 saturated carbocycles. The number of aromatic nitrogens is 1. The maximum absolute atomic E-state index is 14.1. The molecule has 2 aromatic rings. The summed E-state index contributed by atoms with van der Waals surface area (Å²) in [5, 5.41) is 2.69. The molecule has 0 aliphatic heterocycles. The van der Waals surface area contributed by atoms with Crippen molar-refractivity contribution in [2.24, 2.45) is 5.84 Å². The summed E-state index contributed by atoms with van der Waals surface area (Å²) in [5.41, 5.74) is 3.72. The molecule has 102 valence electrons. The fraction of sp³-hybridized carbons (Fsp3) is 0.308. The Bertz CT molecular complexity index is 583. The average molecular weight is 283 g/mol. The quantitative estimate of drug-likeness (QED) is 0.670. The summed E-state index contributed by atoms with van der Waals surface area (Å²) < 4.78 is 27.9. The number of nitrogens with two attached hydrogens (primary N) is 1. The third kappa shape index (κ3) is 2.97. The summed E-state index contributed by atoms with van der Waals surface area (Å²) >= 11 is 1.45. The highest BCUT2D eigenvalue weighted by Crippen LogP contribution is 2.26. The molecule has 1 heterocycles. The van der Waals surface area contributed by atoms with E-state index in [1.54, 1.807) is 6.92 Å². The van der Waals surface area contributed by atoms with Gasteiger partial charge >= 0.3 is 0 Å². The van der Waals surface area contributed by atoms with Crippen LogP contribution in [-0.2, 0) is 6.42 Å². The number of aryl methyl sites for hydroxylation is 2. The SMILES string of the molecule is Cc1csc(CC(NN)c2c(F)ccc(C)c2F)n1. The molecule has 1 aromatic heterocycles. The van der Waals surface area contributed by atoms with Gasteiger partial charge in [0.15, 0.2) is 0 Å². The van der Waals surface area contributed by atoms with Crippen molar-refractivity contribution in [3.05, 3.63) is 51.0 Å². The number of benzene rings is 1. The minimum atomic E-state index is -0.634. The van der Waals surface area contributed by atoms with Crippen LogP contribution in [0, 0.1) is 25.5 Å². The molecule has 1 unspecified atom stereocenters. The predicted octanol–water partition coefficient (Wildman–Crippen LogP) is 2.79. The molecule has 1 aromatic carbocycles. The van der Waals surface area contributed by atoms with E-state index in [4.69, 9.17) is 5.84 Å². The van der Waals surface area contributed by atoms with Crippen molar-refractivity contribution in [3.8, 4) is 0 Å². The van der Waals surface area contributed by atoms with Crippen LogP contribution >= 0.6 is 11.3 Å². The topological polar surface area (TPSA) is 50.9 Å². The Morgan fingerprint density at radius 2 is 2.11 bits per heavy atom. The van der Waals surface area contributed by atoms with E-state index < -0.39 is 17.7 Å². The Hall–Kier alpha value is -1.37. The number of nitrogens with one attached hydrogen (secondary N) is 1. The van der Waals surface area contributed by atoms with Crippen LogP contribution in [0.1, 0.15) is 27.9 Å². The number of halogens is 2. The first kappa shape index (κ1) is 14.0. The lowest BCUT2D eigenvalue weighted by molar-refractivity contribution is 0.469. The zero-order valence-electron chi connectivity index (χ0n) is 10.7. The summed E-state index contributed by atoms with van der Waals surface area (Å²) in [6, 6.07) is 2.03. The number of hydrazine groups is 1. The van der Waals surface area contributed by atoms with Gasteiger partial charge in [-0.2, -0.15) is 0 Å². The van der Waals surface area contributed by atoms with Gasteiger partial charge in [0.25, 0.3) is 0 Å². The molecular formula is C13H15F2N3S. The fourth-order valence-electron chi connectivity index (χ4n) is 1.91. The number of nitrogens with zero attached hydrogens (tertiary/aromatic N) is 1. The summed E-state index contributed by atoms with van der Waals surface area (Å²) in [7, 11) is 0. The van der Waals surface area contributed by atoms with Crippen LogP contribution in [0.4, 0.5) is 8.78 Å². The second-order valence-electron chi connectivity index (χ2n) is 4.40. The summed E-state index contributed by atoms with van der Waals surface area (Å²) in [4.78, 5) is 4.28. The van der Waals surface area contributed by atoms with E-state index in [9.17, 15) is 8.78 Å². The van der Waals surface area contributed by atoms with Gasteiger partial charge in [-0.3, -0.25) is 11.3 Å². The number of hydrogen-bond acceptors (Lipinski definition) is 4. The summed E-state index contributed by atoms with van der Waals surface area (Å²) in [5.74, 6) is 4.28. The largest absolute Gasteiger partial charge is 0.271 e. The lowest BCUT2D eigenvalue weighted by Gasteiger charge is -2.17. The van der Waals surface area contributed by atoms with E-state index in [1.807, 2.05) is 12.3 Å². The number of hydrogen-bond donors (Lipinski definition) is 2. The molecule has 0 saturated heterocycles. The second kappa shape index (κ2) is 5.73. The Morgan fingerprint density at radius 3 is 2.68 bits per heavy atom. The van der Waals surface area contributed by atoms with Crippen molar-refractivity contribution in [2.45, 2.75) is 26.3 Å². The van der Waals surface area contributed by atoms with Crippen molar-refractivity contribution >= 4 is 11.3 Å². The van der Waals surface area contributed by atoms with Crippen LogP contribution in [0.5, 0.6) is 0 Å². The lowest BCUT2D eigenvalue weighted by Crippen LogP contribution is -2.31. The Labute approximate surface area is 114 Å². The standard InChI is InChI=1S/C13H15F2N3S/c1-7-3-4-9(14)12(13(7)15)10(18-16)5-11-17-8(2)6-19-11/h3-4,6,10,18H,5,16H2,1-2H3. The Balaban J connectivity index is 2.34. The van der Waals surface area contributed by atoms with Crippen LogP contribution < -0.4 is 11.3 Å². The molecule has 0 bridgehead atoms. The molecule has 0 radical (unpaired) electrons. The molecule has 6 heteroatoms. The predicted molar refractivity (Wildman–Crippen MR) is 71.7 cm³/mol. The molecule has 0 amide bonds. The maximum atomic E-state index is 14.1. The monoisotopic (exact) mass is 283 g/mol. The van der Waals surface area contributed by atoms with Gasteiger partial charge in [0, 0.05) is 23.1 Å². The van der Waals surface area contributed by atoms with Crippen molar-refractivity contribution in [1.29, 1.82) is 0 Å². The van der Waals surface area contributed by atoms with Crippen LogP contribution in [0.3, 0.4) is 0 Å². The highest BCUT2D eigenvalue weighted by atomic mass is 32.1.